The molecule has 0 saturated heterocycles. The van der Waals surface area contributed by atoms with E-state index in [1.165, 1.54) is 6.08 Å². The number of nitrogens with one attached hydrogen (secondary N) is 1. The van der Waals surface area contributed by atoms with Crippen molar-refractivity contribution in [3.8, 4) is 0 Å². The molecule has 2 nitrogen and oxygen atoms in total. The van der Waals surface area contributed by atoms with E-state index in [1.54, 1.807) is 14.0 Å². The van der Waals surface area contributed by atoms with E-state index < -0.39 is 11.6 Å². The van der Waals surface area contributed by atoms with Crippen LogP contribution in [0.5, 0.6) is 0 Å². The fourth-order valence-electron chi connectivity index (χ4n) is 0.474. The zero-order valence-electron chi connectivity index (χ0n) is 6.28. The van der Waals surface area contributed by atoms with Gasteiger partial charge in [0.15, 0.2) is 11.6 Å². The first-order chi connectivity index (χ1) is 4.72. The molecule has 0 aliphatic carbocycles. The van der Waals surface area contributed by atoms with E-state index in [-0.39, 0.29) is 6.42 Å². The third-order valence-electron chi connectivity index (χ3n) is 1.07. The van der Waals surface area contributed by atoms with Crippen LogP contribution in [0.4, 0.5) is 4.39 Å². The summed E-state index contributed by atoms with van der Waals surface area (Å²) in [5.74, 6) is -1.08. The molecular weight excluding hydrogens is 133 g/mol. The van der Waals surface area contributed by atoms with Gasteiger partial charge in [-0.25, -0.2) is 4.39 Å². The Labute approximate surface area is 60.1 Å². The lowest BCUT2D eigenvalue weighted by Gasteiger charge is -1.91. The molecule has 3 heteroatoms. The minimum atomic E-state index is -0.642. The normalized spacial score (nSPS) is 11.7. The maximum absolute atomic E-state index is 12.5. The van der Waals surface area contributed by atoms with Crippen molar-refractivity contribution < 1.29 is 9.18 Å². The Morgan fingerprint density at radius 3 is 2.70 bits per heavy atom. The van der Waals surface area contributed by atoms with E-state index in [1.807, 2.05) is 0 Å². The predicted octanol–water partition coefficient (Wildman–Crippen LogP) is 1.04. The average molecular weight is 145 g/mol. The van der Waals surface area contributed by atoms with Crippen molar-refractivity contribution in [1.82, 2.24) is 5.32 Å². The number of halogens is 1. The number of ketones is 1. The highest BCUT2D eigenvalue weighted by Gasteiger charge is 2.02. The minimum absolute atomic E-state index is 0.228. The van der Waals surface area contributed by atoms with Crippen LogP contribution >= 0.6 is 0 Å². The molecule has 0 amide bonds. The van der Waals surface area contributed by atoms with E-state index >= 15 is 0 Å². The first kappa shape index (κ1) is 9.30. The highest BCUT2D eigenvalue weighted by atomic mass is 19.1. The van der Waals surface area contributed by atoms with Crippen LogP contribution in [0.3, 0.4) is 0 Å². The molecule has 10 heavy (non-hydrogen) atoms. The molecule has 0 aliphatic heterocycles. The van der Waals surface area contributed by atoms with Crippen molar-refractivity contribution in [3.05, 3.63) is 11.9 Å². The quantitative estimate of drug-likeness (QED) is 0.599. The SMILES string of the molecule is CCC(=O)/C(F)=C/CNC. The molecule has 0 atom stereocenters. The number of hydrogen-bond acceptors (Lipinski definition) is 2. The minimum Gasteiger partial charge on any atom is -0.316 e. The van der Waals surface area contributed by atoms with E-state index in [9.17, 15) is 9.18 Å². The number of hydrogen-bond donors (Lipinski definition) is 1. The zero-order valence-corrected chi connectivity index (χ0v) is 6.28. The summed E-state index contributed by atoms with van der Waals surface area (Å²) in [6, 6.07) is 0. The van der Waals surface area contributed by atoms with Crippen molar-refractivity contribution in [1.29, 1.82) is 0 Å². The summed E-state index contributed by atoms with van der Waals surface area (Å²) in [5.41, 5.74) is 0. The molecule has 0 aromatic carbocycles. The molecule has 0 aromatic heterocycles. The summed E-state index contributed by atoms with van der Waals surface area (Å²) >= 11 is 0. The van der Waals surface area contributed by atoms with Gasteiger partial charge < -0.3 is 5.32 Å². The molecule has 0 spiro atoms. The van der Waals surface area contributed by atoms with Crippen LogP contribution < -0.4 is 5.32 Å². The monoisotopic (exact) mass is 145 g/mol. The van der Waals surface area contributed by atoms with E-state index in [0.29, 0.717) is 6.54 Å². The Bertz CT molecular complexity index is 143. The van der Waals surface area contributed by atoms with Gasteiger partial charge in [-0.2, -0.15) is 0 Å². The first-order valence-electron chi connectivity index (χ1n) is 3.25. The van der Waals surface area contributed by atoms with Crippen LogP contribution in [-0.2, 0) is 4.79 Å². The highest BCUT2D eigenvalue weighted by Crippen LogP contribution is 1.99. The third-order valence-corrected chi connectivity index (χ3v) is 1.07. The van der Waals surface area contributed by atoms with E-state index in [2.05, 4.69) is 5.32 Å². The lowest BCUT2D eigenvalue weighted by Crippen LogP contribution is -2.06. The van der Waals surface area contributed by atoms with Crippen LogP contribution in [0.1, 0.15) is 13.3 Å². The van der Waals surface area contributed by atoms with Crippen molar-refractivity contribution >= 4 is 5.78 Å². The van der Waals surface area contributed by atoms with Gasteiger partial charge in [0.05, 0.1) is 0 Å². The van der Waals surface area contributed by atoms with Crippen molar-refractivity contribution in [2.45, 2.75) is 13.3 Å². The second-order valence-electron chi connectivity index (χ2n) is 1.89. The standard InChI is InChI=1S/C7H12FNO/c1-3-7(10)6(8)4-5-9-2/h4,9H,3,5H2,1-2H3/b6-4-. The molecule has 0 fully saturated rings. The fraction of sp³-hybridized carbons (Fsp3) is 0.571. The molecule has 0 radical (unpaired) electrons. The van der Waals surface area contributed by atoms with E-state index in [0.717, 1.165) is 0 Å². The summed E-state index contributed by atoms with van der Waals surface area (Å²) < 4.78 is 12.5. The number of allylic oxidation sites excluding steroid dienone is 1. The van der Waals surface area contributed by atoms with Gasteiger partial charge >= 0.3 is 0 Å². The molecule has 0 aliphatic rings. The Kier molecular flexibility index (Phi) is 4.76. The molecular formula is C7H12FNO. The summed E-state index contributed by atoms with van der Waals surface area (Å²) in [5, 5.41) is 2.71. The molecule has 0 rings (SSSR count). The second-order valence-corrected chi connectivity index (χ2v) is 1.89. The summed E-state index contributed by atoms with van der Waals surface area (Å²) in [6.45, 7) is 2.03. The molecule has 1 N–H and O–H groups in total. The second kappa shape index (κ2) is 5.11. The summed E-state index contributed by atoms with van der Waals surface area (Å²) in [6.07, 6.45) is 1.47. The molecule has 0 heterocycles. The lowest BCUT2D eigenvalue weighted by atomic mass is 10.2. The molecule has 0 bridgehead atoms. The fourth-order valence-corrected chi connectivity index (χ4v) is 0.474. The van der Waals surface area contributed by atoms with Gasteiger partial charge in [-0.1, -0.05) is 6.92 Å². The molecule has 0 unspecified atom stereocenters. The smallest absolute Gasteiger partial charge is 0.190 e. The average Bonchev–Trinajstić information content (AvgIpc) is 1.98. The Balaban J connectivity index is 3.80. The van der Waals surface area contributed by atoms with Gasteiger partial charge in [0, 0.05) is 13.0 Å². The van der Waals surface area contributed by atoms with Gasteiger partial charge in [0.2, 0.25) is 0 Å². The van der Waals surface area contributed by atoms with Gasteiger partial charge in [0.25, 0.3) is 0 Å². The Morgan fingerprint density at radius 2 is 2.30 bits per heavy atom. The van der Waals surface area contributed by atoms with Crippen LogP contribution in [0.15, 0.2) is 11.9 Å². The number of likely N-dealkylation sites (N-methyl/N-ethyl adjacent to an activating group) is 1. The first-order valence-corrected chi connectivity index (χ1v) is 3.25. The molecule has 58 valence electrons. The van der Waals surface area contributed by atoms with Gasteiger partial charge in [-0.15, -0.1) is 0 Å². The van der Waals surface area contributed by atoms with Crippen LogP contribution in [0, 0.1) is 0 Å². The van der Waals surface area contributed by atoms with Crippen molar-refractivity contribution in [2.24, 2.45) is 0 Å². The number of carbonyl (C=O) groups excluding carboxylic acids is 1. The van der Waals surface area contributed by atoms with Gasteiger partial charge in [-0.3, -0.25) is 4.79 Å². The van der Waals surface area contributed by atoms with Gasteiger partial charge in [-0.05, 0) is 13.1 Å². The summed E-state index contributed by atoms with van der Waals surface area (Å²) in [7, 11) is 1.69. The van der Waals surface area contributed by atoms with Crippen LogP contribution in [-0.4, -0.2) is 19.4 Å². The number of Topliss-reactive ketones (excluding diaryl/α,β-unsaturated/α-hetero) is 1. The molecule has 0 aromatic rings. The Hall–Kier alpha value is -0.700. The predicted molar refractivity (Wildman–Crippen MR) is 38.4 cm³/mol. The number of carbonyl (C=O) groups is 1. The van der Waals surface area contributed by atoms with Crippen LogP contribution in [0.2, 0.25) is 0 Å². The third kappa shape index (κ3) is 3.35. The number of rotatable bonds is 4. The Morgan fingerprint density at radius 1 is 1.70 bits per heavy atom. The zero-order chi connectivity index (χ0) is 7.98. The maximum atomic E-state index is 12.5. The molecule has 0 saturated carbocycles. The van der Waals surface area contributed by atoms with Crippen molar-refractivity contribution in [2.75, 3.05) is 13.6 Å². The van der Waals surface area contributed by atoms with Crippen molar-refractivity contribution in [3.63, 3.8) is 0 Å². The highest BCUT2D eigenvalue weighted by molar-refractivity contribution is 5.92. The summed E-state index contributed by atoms with van der Waals surface area (Å²) in [4.78, 5) is 10.5. The topological polar surface area (TPSA) is 29.1 Å². The largest absolute Gasteiger partial charge is 0.316 e. The van der Waals surface area contributed by atoms with Crippen LogP contribution in [0.25, 0.3) is 0 Å². The lowest BCUT2D eigenvalue weighted by molar-refractivity contribution is -0.116. The van der Waals surface area contributed by atoms with E-state index in [4.69, 9.17) is 0 Å². The van der Waals surface area contributed by atoms with Gasteiger partial charge in [0.1, 0.15) is 0 Å². The maximum Gasteiger partial charge on any atom is 0.190 e.